The molecule has 2 aromatic rings. The first-order valence-corrected chi connectivity index (χ1v) is 11.1. The Kier molecular flexibility index (Phi) is 7.25. The van der Waals surface area contributed by atoms with Crippen LogP contribution < -0.4 is 4.74 Å². The minimum absolute atomic E-state index is 0.0377. The third-order valence-electron chi connectivity index (χ3n) is 5.31. The highest BCUT2D eigenvalue weighted by molar-refractivity contribution is 9.09. The highest BCUT2D eigenvalue weighted by Crippen LogP contribution is 2.39. The minimum Gasteiger partial charge on any atom is -0.490 e. The maximum atomic E-state index is 12.8. The number of hydrogen-bond donors (Lipinski definition) is 0. The molecular formula is C21H19BrCl2F3NO2. The first kappa shape index (κ1) is 23.2. The van der Waals surface area contributed by atoms with Crippen molar-refractivity contribution in [2.24, 2.45) is 5.92 Å². The number of halogens is 6. The van der Waals surface area contributed by atoms with Gasteiger partial charge in [-0.3, -0.25) is 4.79 Å². The van der Waals surface area contributed by atoms with E-state index >= 15 is 0 Å². The van der Waals surface area contributed by atoms with Gasteiger partial charge in [-0.15, -0.1) is 0 Å². The molecule has 1 aliphatic heterocycles. The van der Waals surface area contributed by atoms with Crippen LogP contribution in [0.3, 0.4) is 0 Å². The molecule has 1 saturated heterocycles. The van der Waals surface area contributed by atoms with Gasteiger partial charge in [0.05, 0.1) is 20.9 Å². The molecule has 1 fully saturated rings. The molecule has 162 valence electrons. The predicted octanol–water partition coefficient (Wildman–Crippen LogP) is 6.42. The van der Waals surface area contributed by atoms with Gasteiger partial charge in [0.1, 0.15) is 11.9 Å². The topological polar surface area (TPSA) is 29.5 Å². The number of nitrogens with zero attached hydrogens (tertiary/aromatic N) is 1. The van der Waals surface area contributed by atoms with Crippen molar-refractivity contribution in [3.8, 4) is 5.75 Å². The zero-order valence-electron chi connectivity index (χ0n) is 15.9. The lowest BCUT2D eigenvalue weighted by molar-refractivity contribution is -0.137. The van der Waals surface area contributed by atoms with Crippen LogP contribution in [0.1, 0.15) is 24.0 Å². The van der Waals surface area contributed by atoms with E-state index in [0.717, 1.165) is 17.7 Å². The maximum Gasteiger partial charge on any atom is 0.416 e. The zero-order chi connectivity index (χ0) is 22.1. The first-order chi connectivity index (χ1) is 14.1. The van der Waals surface area contributed by atoms with Crippen molar-refractivity contribution in [3.63, 3.8) is 0 Å². The van der Waals surface area contributed by atoms with E-state index in [1.807, 2.05) is 13.0 Å². The van der Waals surface area contributed by atoms with E-state index in [1.165, 1.54) is 12.1 Å². The smallest absolute Gasteiger partial charge is 0.416 e. The molecular weight excluding hydrogens is 506 g/mol. The van der Waals surface area contributed by atoms with Gasteiger partial charge < -0.3 is 9.64 Å². The number of amides is 1. The Hall–Kier alpha value is -1.44. The Morgan fingerprint density at radius 2 is 1.83 bits per heavy atom. The molecule has 1 heterocycles. The van der Waals surface area contributed by atoms with Crippen LogP contribution in [-0.4, -0.2) is 35.3 Å². The Bertz CT molecular complexity index is 908. The normalized spacial score (nSPS) is 20.3. The molecule has 2 aromatic carbocycles. The van der Waals surface area contributed by atoms with E-state index < -0.39 is 11.7 Å². The van der Waals surface area contributed by atoms with Crippen LogP contribution in [0.2, 0.25) is 10.0 Å². The third kappa shape index (κ3) is 5.24. The van der Waals surface area contributed by atoms with E-state index in [2.05, 4.69) is 15.9 Å². The molecule has 0 aliphatic carbocycles. The summed E-state index contributed by atoms with van der Waals surface area (Å²) in [5, 5.41) is 1.08. The summed E-state index contributed by atoms with van der Waals surface area (Å²) in [5.41, 5.74) is 0.202. The second-order valence-corrected chi connectivity index (χ2v) is 8.60. The molecule has 1 amide bonds. The van der Waals surface area contributed by atoms with Gasteiger partial charge in [-0.2, -0.15) is 13.2 Å². The molecule has 30 heavy (non-hydrogen) atoms. The molecule has 0 aromatic heterocycles. The lowest BCUT2D eigenvalue weighted by atomic mass is 9.85. The summed E-state index contributed by atoms with van der Waals surface area (Å²) in [6, 6.07) is 9.98. The fourth-order valence-corrected chi connectivity index (χ4v) is 4.37. The number of rotatable bonds is 5. The number of benzene rings is 2. The van der Waals surface area contributed by atoms with Crippen LogP contribution >= 0.6 is 39.1 Å². The summed E-state index contributed by atoms with van der Waals surface area (Å²) < 4.78 is 44.3. The number of ether oxygens (including phenoxy) is 1. The quantitative estimate of drug-likeness (QED) is 0.422. The molecule has 0 bridgehead atoms. The fraction of sp³-hybridized carbons (Fsp3) is 0.381. The lowest BCUT2D eigenvalue weighted by Gasteiger charge is -2.26. The van der Waals surface area contributed by atoms with Gasteiger partial charge in [0.2, 0.25) is 5.91 Å². The second kappa shape index (κ2) is 9.37. The van der Waals surface area contributed by atoms with Crippen molar-refractivity contribution in [2.75, 3.05) is 18.4 Å². The van der Waals surface area contributed by atoms with Crippen LogP contribution in [-0.2, 0) is 11.0 Å². The molecule has 9 heteroatoms. The van der Waals surface area contributed by atoms with E-state index in [1.54, 1.807) is 17.0 Å². The van der Waals surface area contributed by atoms with E-state index in [-0.39, 0.29) is 29.2 Å². The van der Waals surface area contributed by atoms with Gasteiger partial charge in [-0.25, -0.2) is 0 Å². The Balaban J connectivity index is 1.82. The lowest BCUT2D eigenvalue weighted by Crippen LogP contribution is -2.32. The van der Waals surface area contributed by atoms with Gasteiger partial charge in [0, 0.05) is 24.9 Å². The van der Waals surface area contributed by atoms with Crippen molar-refractivity contribution >= 4 is 45.0 Å². The molecule has 0 N–H and O–H groups in total. The monoisotopic (exact) mass is 523 g/mol. The van der Waals surface area contributed by atoms with Crippen molar-refractivity contribution < 1.29 is 22.7 Å². The van der Waals surface area contributed by atoms with Gasteiger partial charge >= 0.3 is 6.18 Å². The van der Waals surface area contributed by atoms with E-state index in [4.69, 9.17) is 27.9 Å². The number of carbonyl (C=O) groups excluding carboxylic acids is 1. The molecule has 0 spiro atoms. The highest BCUT2D eigenvalue weighted by atomic mass is 79.9. The number of likely N-dealkylation sites (tertiary alicyclic amines) is 1. The molecule has 3 atom stereocenters. The van der Waals surface area contributed by atoms with Crippen molar-refractivity contribution in [2.45, 2.75) is 25.1 Å². The van der Waals surface area contributed by atoms with Crippen LogP contribution in [0.5, 0.6) is 5.75 Å². The largest absolute Gasteiger partial charge is 0.490 e. The van der Waals surface area contributed by atoms with Crippen LogP contribution in [0.25, 0.3) is 0 Å². The third-order valence-corrected chi connectivity index (χ3v) is 6.53. The van der Waals surface area contributed by atoms with Crippen LogP contribution in [0.15, 0.2) is 42.5 Å². The summed E-state index contributed by atoms with van der Waals surface area (Å²) in [5.74, 6) is 0.178. The molecule has 3 unspecified atom stereocenters. The second-order valence-electron chi connectivity index (χ2n) is 7.22. The molecule has 3 nitrogen and oxygen atoms in total. The van der Waals surface area contributed by atoms with Gasteiger partial charge in [0.25, 0.3) is 0 Å². The number of hydrogen-bond acceptors (Lipinski definition) is 2. The Morgan fingerprint density at radius 1 is 1.17 bits per heavy atom. The van der Waals surface area contributed by atoms with Crippen molar-refractivity contribution in [1.82, 2.24) is 4.90 Å². The Morgan fingerprint density at radius 3 is 2.40 bits per heavy atom. The zero-order valence-corrected chi connectivity index (χ0v) is 19.0. The number of alkyl halides is 4. The van der Waals surface area contributed by atoms with E-state index in [9.17, 15) is 18.0 Å². The van der Waals surface area contributed by atoms with Crippen LogP contribution in [0, 0.1) is 5.92 Å². The summed E-state index contributed by atoms with van der Waals surface area (Å²) in [6.07, 6.45) is -4.75. The SMILES string of the molecule is CC(Oc1ccc(C(F)(F)F)cc1)C1CN(C(=O)CBr)CC1c1ccc(Cl)c(Cl)c1. The van der Waals surface area contributed by atoms with Crippen LogP contribution in [0.4, 0.5) is 13.2 Å². The molecule has 3 rings (SSSR count). The van der Waals surface area contributed by atoms with Crippen molar-refractivity contribution in [1.29, 1.82) is 0 Å². The summed E-state index contributed by atoms with van der Waals surface area (Å²) in [4.78, 5) is 14.0. The summed E-state index contributed by atoms with van der Waals surface area (Å²) in [7, 11) is 0. The first-order valence-electron chi connectivity index (χ1n) is 9.22. The van der Waals surface area contributed by atoms with Gasteiger partial charge in [-0.05, 0) is 48.9 Å². The summed E-state index contributed by atoms with van der Waals surface area (Å²) >= 11 is 15.4. The maximum absolute atomic E-state index is 12.8. The van der Waals surface area contributed by atoms with Gasteiger partial charge in [0.15, 0.2) is 0 Å². The highest BCUT2D eigenvalue weighted by Gasteiger charge is 2.40. The molecule has 0 radical (unpaired) electrons. The molecule has 0 saturated carbocycles. The average Bonchev–Trinajstić information content (AvgIpc) is 3.15. The standard InChI is InChI=1S/C21H19BrCl2F3NO2/c1-12(30-15-5-3-14(4-6-15)21(25,26)27)16-10-28(20(29)9-22)11-17(16)13-2-7-18(23)19(24)8-13/h2-8,12,16-17H,9-11H2,1H3. The van der Waals surface area contributed by atoms with Gasteiger partial charge in [-0.1, -0.05) is 45.2 Å². The minimum atomic E-state index is -4.40. The van der Waals surface area contributed by atoms with E-state index in [0.29, 0.717) is 28.9 Å². The Labute approximate surface area is 191 Å². The molecule has 1 aliphatic rings. The van der Waals surface area contributed by atoms with Crippen molar-refractivity contribution in [3.05, 3.63) is 63.6 Å². The summed E-state index contributed by atoms with van der Waals surface area (Å²) in [6.45, 7) is 2.82. The number of carbonyl (C=O) groups is 1. The predicted molar refractivity (Wildman–Crippen MR) is 115 cm³/mol. The average molecular weight is 525 g/mol. The fourth-order valence-electron chi connectivity index (χ4n) is 3.71.